The van der Waals surface area contributed by atoms with Crippen molar-refractivity contribution < 1.29 is 14.1 Å². The molecule has 0 atom stereocenters. The van der Waals surface area contributed by atoms with E-state index in [2.05, 4.69) is 10.5 Å². The number of aromatic nitrogens is 1. The maximum absolute atomic E-state index is 12.3. The molecule has 1 N–H and O–H groups in total. The first-order chi connectivity index (χ1) is 11.5. The molecule has 5 nitrogen and oxygen atoms in total. The summed E-state index contributed by atoms with van der Waals surface area (Å²) in [6, 6.07) is 15.0. The summed E-state index contributed by atoms with van der Waals surface area (Å²) in [6.07, 6.45) is 0. The van der Waals surface area contributed by atoms with Crippen LogP contribution in [0.15, 0.2) is 53.1 Å². The minimum atomic E-state index is -0.238. The van der Waals surface area contributed by atoms with Gasteiger partial charge in [0.1, 0.15) is 22.8 Å². The predicted octanol–water partition coefficient (Wildman–Crippen LogP) is 4.64. The van der Waals surface area contributed by atoms with E-state index < -0.39 is 0 Å². The summed E-state index contributed by atoms with van der Waals surface area (Å²) in [5.74, 6) is 1.74. The largest absolute Gasteiger partial charge is 0.457 e. The number of hydrogen-bond acceptors (Lipinski definition) is 4. The molecule has 0 fully saturated rings. The Hall–Kier alpha value is -3.08. The van der Waals surface area contributed by atoms with Gasteiger partial charge in [-0.2, -0.15) is 0 Å². The van der Waals surface area contributed by atoms with Gasteiger partial charge in [-0.15, -0.1) is 0 Å². The van der Waals surface area contributed by atoms with Crippen LogP contribution in [0.1, 0.15) is 27.4 Å². The zero-order valence-electron chi connectivity index (χ0n) is 13.8. The van der Waals surface area contributed by atoms with Crippen molar-refractivity contribution in [3.8, 4) is 11.5 Å². The summed E-state index contributed by atoms with van der Waals surface area (Å²) in [5, 5.41) is 6.62. The fraction of sp³-hybridized carbons (Fsp3) is 0.158. The molecule has 3 aromatic rings. The lowest BCUT2D eigenvalue weighted by Crippen LogP contribution is -2.13. The first-order valence-electron chi connectivity index (χ1n) is 7.62. The molecule has 1 amide bonds. The van der Waals surface area contributed by atoms with Crippen molar-refractivity contribution in [1.29, 1.82) is 0 Å². The molecular formula is C19H18N2O3. The number of nitrogens with zero attached hydrogens (tertiary/aromatic N) is 1. The third-order valence-corrected chi connectivity index (χ3v) is 3.63. The number of hydrogen-bond donors (Lipinski definition) is 1. The first-order valence-corrected chi connectivity index (χ1v) is 7.62. The Kier molecular flexibility index (Phi) is 4.33. The SMILES string of the molecule is Cc1ccc(Oc2ccc(NC(=O)c3c(C)noc3C)cc2)cc1. The van der Waals surface area contributed by atoms with Crippen molar-refractivity contribution in [3.63, 3.8) is 0 Å². The Labute approximate surface area is 140 Å². The molecule has 0 saturated heterocycles. The lowest BCUT2D eigenvalue weighted by molar-refractivity contribution is 0.102. The minimum Gasteiger partial charge on any atom is -0.457 e. The Morgan fingerprint density at radius 1 is 0.958 bits per heavy atom. The van der Waals surface area contributed by atoms with Crippen LogP contribution in [-0.2, 0) is 0 Å². The Bertz CT molecular complexity index is 830. The highest BCUT2D eigenvalue weighted by atomic mass is 16.5. The second-order valence-corrected chi connectivity index (χ2v) is 5.59. The fourth-order valence-corrected chi connectivity index (χ4v) is 2.35. The van der Waals surface area contributed by atoms with Crippen LogP contribution in [0.25, 0.3) is 0 Å². The lowest BCUT2D eigenvalue weighted by atomic mass is 10.2. The highest BCUT2D eigenvalue weighted by Crippen LogP contribution is 2.24. The van der Waals surface area contributed by atoms with Crippen LogP contribution in [-0.4, -0.2) is 11.1 Å². The van der Waals surface area contributed by atoms with Gasteiger partial charge < -0.3 is 14.6 Å². The van der Waals surface area contributed by atoms with Gasteiger partial charge in [0.25, 0.3) is 5.91 Å². The van der Waals surface area contributed by atoms with Gasteiger partial charge in [-0.1, -0.05) is 22.9 Å². The van der Waals surface area contributed by atoms with E-state index in [0.717, 1.165) is 5.75 Å². The Morgan fingerprint density at radius 2 is 1.54 bits per heavy atom. The zero-order chi connectivity index (χ0) is 17.1. The summed E-state index contributed by atoms with van der Waals surface area (Å²) >= 11 is 0. The van der Waals surface area contributed by atoms with Gasteiger partial charge >= 0.3 is 0 Å². The monoisotopic (exact) mass is 322 g/mol. The standard InChI is InChI=1S/C19H18N2O3/c1-12-4-8-16(9-5-12)23-17-10-6-15(7-11-17)20-19(22)18-13(2)21-24-14(18)3/h4-11H,1-3H3,(H,20,22). The van der Waals surface area contributed by atoms with Gasteiger partial charge in [-0.05, 0) is 57.2 Å². The molecule has 0 spiro atoms. The molecule has 0 aliphatic heterocycles. The van der Waals surface area contributed by atoms with Crippen molar-refractivity contribution in [3.05, 3.63) is 71.1 Å². The lowest BCUT2D eigenvalue weighted by Gasteiger charge is -2.08. The normalized spacial score (nSPS) is 10.5. The van der Waals surface area contributed by atoms with Crippen molar-refractivity contribution in [1.82, 2.24) is 5.16 Å². The van der Waals surface area contributed by atoms with Crippen LogP contribution in [0, 0.1) is 20.8 Å². The molecule has 0 saturated carbocycles. The number of nitrogens with one attached hydrogen (secondary N) is 1. The molecule has 1 aromatic heterocycles. The molecule has 0 bridgehead atoms. The third kappa shape index (κ3) is 3.46. The van der Waals surface area contributed by atoms with E-state index in [9.17, 15) is 4.79 Å². The molecule has 122 valence electrons. The van der Waals surface area contributed by atoms with Crippen LogP contribution in [0.5, 0.6) is 11.5 Å². The number of rotatable bonds is 4. The summed E-state index contributed by atoms with van der Waals surface area (Å²) in [4.78, 5) is 12.3. The van der Waals surface area contributed by atoms with E-state index in [-0.39, 0.29) is 5.91 Å². The summed E-state index contributed by atoms with van der Waals surface area (Å²) < 4.78 is 10.8. The maximum atomic E-state index is 12.3. The van der Waals surface area contributed by atoms with Gasteiger partial charge in [0.2, 0.25) is 0 Å². The first kappa shape index (κ1) is 15.8. The molecule has 0 unspecified atom stereocenters. The van der Waals surface area contributed by atoms with E-state index in [1.165, 1.54) is 5.56 Å². The number of benzene rings is 2. The maximum Gasteiger partial charge on any atom is 0.261 e. The third-order valence-electron chi connectivity index (χ3n) is 3.63. The fourth-order valence-electron chi connectivity index (χ4n) is 2.35. The second-order valence-electron chi connectivity index (χ2n) is 5.59. The summed E-state index contributed by atoms with van der Waals surface area (Å²) in [7, 11) is 0. The van der Waals surface area contributed by atoms with Gasteiger partial charge in [-0.3, -0.25) is 4.79 Å². The number of ether oxygens (including phenoxy) is 1. The topological polar surface area (TPSA) is 64.4 Å². The molecule has 3 rings (SSSR count). The van der Waals surface area contributed by atoms with E-state index in [4.69, 9.17) is 9.26 Å². The van der Waals surface area contributed by atoms with E-state index in [1.807, 2.05) is 43.3 Å². The molecule has 1 heterocycles. The van der Waals surface area contributed by atoms with Gasteiger partial charge in [0.05, 0.1) is 5.69 Å². The van der Waals surface area contributed by atoms with Gasteiger partial charge in [-0.25, -0.2) is 0 Å². The Morgan fingerprint density at radius 3 is 2.08 bits per heavy atom. The molecule has 2 aromatic carbocycles. The van der Waals surface area contributed by atoms with Crippen LogP contribution in [0.2, 0.25) is 0 Å². The van der Waals surface area contributed by atoms with Crippen molar-refractivity contribution in [2.45, 2.75) is 20.8 Å². The van der Waals surface area contributed by atoms with Crippen LogP contribution >= 0.6 is 0 Å². The smallest absolute Gasteiger partial charge is 0.261 e. The molecule has 0 radical (unpaired) electrons. The molecule has 0 aliphatic rings. The summed E-state index contributed by atoms with van der Waals surface area (Å²) in [5.41, 5.74) is 2.90. The molecule has 0 aliphatic carbocycles. The summed E-state index contributed by atoms with van der Waals surface area (Å²) in [6.45, 7) is 5.48. The second kappa shape index (κ2) is 6.58. The Balaban J connectivity index is 1.68. The number of carbonyl (C=O) groups excluding carboxylic acids is 1. The number of aryl methyl sites for hydroxylation is 3. The van der Waals surface area contributed by atoms with E-state index in [0.29, 0.717) is 28.5 Å². The van der Waals surface area contributed by atoms with Crippen molar-refractivity contribution in [2.75, 3.05) is 5.32 Å². The average molecular weight is 322 g/mol. The number of amides is 1. The quantitative estimate of drug-likeness (QED) is 0.759. The predicted molar refractivity (Wildman–Crippen MR) is 91.6 cm³/mol. The number of anilines is 1. The number of carbonyl (C=O) groups is 1. The molecular weight excluding hydrogens is 304 g/mol. The minimum absolute atomic E-state index is 0.238. The van der Waals surface area contributed by atoms with Crippen molar-refractivity contribution >= 4 is 11.6 Å². The average Bonchev–Trinajstić information content (AvgIpc) is 2.90. The van der Waals surface area contributed by atoms with Crippen LogP contribution < -0.4 is 10.1 Å². The zero-order valence-corrected chi connectivity index (χ0v) is 13.8. The highest BCUT2D eigenvalue weighted by molar-refractivity contribution is 6.05. The van der Waals surface area contributed by atoms with Crippen LogP contribution in [0.3, 0.4) is 0 Å². The van der Waals surface area contributed by atoms with Crippen LogP contribution in [0.4, 0.5) is 5.69 Å². The highest BCUT2D eigenvalue weighted by Gasteiger charge is 2.17. The van der Waals surface area contributed by atoms with Crippen molar-refractivity contribution in [2.24, 2.45) is 0 Å². The molecule has 24 heavy (non-hydrogen) atoms. The van der Waals surface area contributed by atoms with Gasteiger partial charge in [0, 0.05) is 5.69 Å². The van der Waals surface area contributed by atoms with E-state index >= 15 is 0 Å². The molecule has 5 heteroatoms. The van der Waals surface area contributed by atoms with Gasteiger partial charge in [0.15, 0.2) is 0 Å². The van der Waals surface area contributed by atoms with E-state index in [1.54, 1.807) is 26.0 Å².